The second-order valence-corrected chi connectivity index (χ2v) is 4.45. The van der Waals surface area contributed by atoms with E-state index in [1.54, 1.807) is 13.0 Å². The molecule has 1 rings (SSSR count). The van der Waals surface area contributed by atoms with Crippen LogP contribution in [0.15, 0.2) is 15.6 Å². The van der Waals surface area contributed by atoms with Gasteiger partial charge < -0.3 is 5.73 Å². The summed E-state index contributed by atoms with van der Waals surface area (Å²) in [6.45, 7) is 1.56. The predicted octanol–water partition coefficient (Wildman–Crippen LogP) is 2.78. The highest BCUT2D eigenvalue weighted by atomic mass is 79.9. The SMILES string of the molecule is Cc1c(F)cc(Cl)c(N/N=C(\C#N)C(=N)N)c1Br. The summed E-state index contributed by atoms with van der Waals surface area (Å²) >= 11 is 9.01. The Morgan fingerprint density at radius 3 is 2.83 bits per heavy atom. The number of hydrogen-bond donors (Lipinski definition) is 3. The Bertz CT molecular complexity index is 579. The van der Waals surface area contributed by atoms with E-state index in [2.05, 4.69) is 26.5 Å². The van der Waals surface area contributed by atoms with Crippen LogP contribution in [0, 0.1) is 29.5 Å². The third kappa shape index (κ3) is 2.97. The van der Waals surface area contributed by atoms with E-state index in [0.29, 0.717) is 15.7 Å². The van der Waals surface area contributed by atoms with Gasteiger partial charge in [0.1, 0.15) is 11.9 Å². The molecule has 94 valence electrons. The van der Waals surface area contributed by atoms with E-state index in [1.807, 2.05) is 0 Å². The van der Waals surface area contributed by atoms with Crippen molar-refractivity contribution in [3.05, 3.63) is 26.9 Å². The molecule has 5 nitrogen and oxygen atoms in total. The number of nitrogens with two attached hydrogens (primary N) is 1. The van der Waals surface area contributed by atoms with E-state index < -0.39 is 11.7 Å². The number of halogens is 3. The second-order valence-electron chi connectivity index (χ2n) is 3.25. The number of nitrogens with one attached hydrogen (secondary N) is 2. The van der Waals surface area contributed by atoms with Gasteiger partial charge in [0, 0.05) is 10.0 Å². The summed E-state index contributed by atoms with van der Waals surface area (Å²) in [5.74, 6) is -0.940. The van der Waals surface area contributed by atoms with Gasteiger partial charge in [0.2, 0.25) is 5.71 Å². The van der Waals surface area contributed by atoms with Crippen molar-refractivity contribution in [2.75, 3.05) is 5.43 Å². The number of amidine groups is 1. The molecular weight excluding hydrogens is 324 g/mol. The van der Waals surface area contributed by atoms with Crippen molar-refractivity contribution in [2.45, 2.75) is 6.92 Å². The first-order valence-electron chi connectivity index (χ1n) is 4.60. The number of nitriles is 1. The summed E-state index contributed by atoms with van der Waals surface area (Å²) in [7, 11) is 0. The Morgan fingerprint density at radius 1 is 1.72 bits per heavy atom. The van der Waals surface area contributed by atoms with Gasteiger partial charge in [-0.05, 0) is 28.9 Å². The van der Waals surface area contributed by atoms with E-state index in [-0.39, 0.29) is 10.7 Å². The molecule has 0 spiro atoms. The first-order chi connectivity index (χ1) is 8.38. The first kappa shape index (κ1) is 14.4. The molecule has 0 unspecified atom stereocenters. The predicted molar refractivity (Wildman–Crippen MR) is 72.4 cm³/mol. The van der Waals surface area contributed by atoms with Crippen LogP contribution in [0.2, 0.25) is 5.02 Å². The zero-order chi connectivity index (χ0) is 13.9. The maximum absolute atomic E-state index is 13.3. The van der Waals surface area contributed by atoms with E-state index in [0.717, 1.165) is 6.07 Å². The maximum Gasteiger partial charge on any atom is 0.201 e. The smallest absolute Gasteiger partial charge is 0.201 e. The van der Waals surface area contributed by atoms with Gasteiger partial charge in [-0.15, -0.1) is 0 Å². The summed E-state index contributed by atoms with van der Waals surface area (Å²) in [5.41, 5.74) is 7.96. The van der Waals surface area contributed by atoms with E-state index >= 15 is 0 Å². The van der Waals surface area contributed by atoms with Crippen molar-refractivity contribution >= 4 is 44.8 Å². The van der Waals surface area contributed by atoms with E-state index in [1.165, 1.54) is 0 Å². The van der Waals surface area contributed by atoms with Crippen LogP contribution in [0.1, 0.15) is 5.56 Å². The second kappa shape index (κ2) is 5.80. The molecule has 0 saturated heterocycles. The third-order valence-electron chi connectivity index (χ3n) is 2.04. The van der Waals surface area contributed by atoms with Crippen molar-refractivity contribution < 1.29 is 4.39 Å². The van der Waals surface area contributed by atoms with Crippen molar-refractivity contribution in [1.82, 2.24) is 0 Å². The third-order valence-corrected chi connectivity index (χ3v) is 3.33. The number of hydrazone groups is 1. The van der Waals surface area contributed by atoms with Crippen LogP contribution in [-0.4, -0.2) is 11.5 Å². The Labute approximate surface area is 116 Å². The Kier molecular flexibility index (Phi) is 4.64. The lowest BCUT2D eigenvalue weighted by atomic mass is 10.2. The summed E-state index contributed by atoms with van der Waals surface area (Å²) in [4.78, 5) is 0. The van der Waals surface area contributed by atoms with Crippen LogP contribution in [-0.2, 0) is 0 Å². The van der Waals surface area contributed by atoms with Gasteiger partial charge in [-0.25, -0.2) is 4.39 Å². The minimum atomic E-state index is -0.476. The molecular formula is C10H8BrClFN5. The first-order valence-corrected chi connectivity index (χ1v) is 5.77. The highest BCUT2D eigenvalue weighted by Crippen LogP contribution is 2.35. The Balaban J connectivity index is 3.18. The molecule has 0 aliphatic heterocycles. The van der Waals surface area contributed by atoms with Gasteiger partial charge in [0.25, 0.3) is 0 Å². The Morgan fingerprint density at radius 2 is 2.33 bits per heavy atom. The molecule has 0 aliphatic carbocycles. The van der Waals surface area contributed by atoms with Crippen LogP contribution in [0.3, 0.4) is 0 Å². The lowest BCUT2D eigenvalue weighted by Crippen LogP contribution is -2.22. The average molecular weight is 333 g/mol. The van der Waals surface area contributed by atoms with Gasteiger partial charge in [0.05, 0.1) is 10.7 Å². The summed E-state index contributed by atoms with van der Waals surface area (Å²) < 4.78 is 13.7. The molecule has 0 heterocycles. The molecule has 1 aromatic carbocycles. The fourth-order valence-corrected chi connectivity index (χ4v) is 1.89. The van der Waals surface area contributed by atoms with Gasteiger partial charge in [-0.2, -0.15) is 10.4 Å². The molecule has 0 aromatic heterocycles. The molecule has 0 saturated carbocycles. The summed E-state index contributed by atoms with van der Waals surface area (Å²) in [6, 6.07) is 2.77. The van der Waals surface area contributed by atoms with Gasteiger partial charge >= 0.3 is 0 Å². The van der Waals surface area contributed by atoms with E-state index in [9.17, 15) is 4.39 Å². The van der Waals surface area contributed by atoms with Gasteiger partial charge in [-0.1, -0.05) is 11.6 Å². The minimum absolute atomic E-state index is 0.0922. The normalized spacial score (nSPS) is 10.9. The minimum Gasteiger partial charge on any atom is -0.382 e. The zero-order valence-electron chi connectivity index (χ0n) is 9.18. The molecule has 0 bridgehead atoms. The van der Waals surface area contributed by atoms with E-state index in [4.69, 9.17) is 28.0 Å². The lowest BCUT2D eigenvalue weighted by molar-refractivity contribution is 0.617. The highest BCUT2D eigenvalue weighted by Gasteiger charge is 2.13. The molecule has 0 atom stereocenters. The number of nitrogens with zero attached hydrogens (tertiary/aromatic N) is 2. The molecule has 18 heavy (non-hydrogen) atoms. The van der Waals surface area contributed by atoms with Crippen LogP contribution in [0.4, 0.5) is 10.1 Å². The van der Waals surface area contributed by atoms with Crippen molar-refractivity contribution in [2.24, 2.45) is 10.8 Å². The molecule has 1 aromatic rings. The van der Waals surface area contributed by atoms with Crippen LogP contribution >= 0.6 is 27.5 Å². The highest BCUT2D eigenvalue weighted by molar-refractivity contribution is 9.10. The van der Waals surface area contributed by atoms with Crippen LogP contribution in [0.25, 0.3) is 0 Å². The quantitative estimate of drug-likeness (QED) is 0.451. The van der Waals surface area contributed by atoms with Gasteiger partial charge in [-0.3, -0.25) is 10.8 Å². The topological polar surface area (TPSA) is 98.0 Å². The fourth-order valence-electron chi connectivity index (χ4n) is 1.05. The molecule has 0 aliphatic rings. The molecule has 0 amide bonds. The van der Waals surface area contributed by atoms with Crippen LogP contribution < -0.4 is 11.2 Å². The van der Waals surface area contributed by atoms with Crippen molar-refractivity contribution in [3.8, 4) is 6.07 Å². The van der Waals surface area contributed by atoms with Crippen molar-refractivity contribution in [3.63, 3.8) is 0 Å². The zero-order valence-corrected chi connectivity index (χ0v) is 11.5. The fraction of sp³-hybridized carbons (Fsp3) is 0.100. The number of hydrogen-bond acceptors (Lipinski definition) is 4. The van der Waals surface area contributed by atoms with Crippen molar-refractivity contribution in [1.29, 1.82) is 10.7 Å². The number of rotatable bonds is 3. The van der Waals surface area contributed by atoms with Gasteiger partial charge in [0.15, 0.2) is 5.84 Å². The molecule has 4 N–H and O–H groups in total. The number of benzene rings is 1. The largest absolute Gasteiger partial charge is 0.382 e. The standard InChI is InChI=1S/C10H8BrClFN5/c1-4-6(13)2-5(12)9(8(4)11)18-17-7(3-14)10(15)16/h2,18H,1H3,(H3,15,16)/b17-7+. The number of anilines is 1. The average Bonchev–Trinajstić information content (AvgIpc) is 2.30. The summed E-state index contributed by atoms with van der Waals surface area (Å²) in [5, 5.41) is 19.5. The molecule has 0 radical (unpaired) electrons. The maximum atomic E-state index is 13.3. The molecule has 8 heteroatoms. The summed E-state index contributed by atoms with van der Waals surface area (Å²) in [6.07, 6.45) is 0. The molecule has 0 fully saturated rings. The Hall–Kier alpha value is -1.65. The van der Waals surface area contributed by atoms with Crippen LogP contribution in [0.5, 0.6) is 0 Å². The lowest BCUT2D eigenvalue weighted by Gasteiger charge is -2.10. The monoisotopic (exact) mass is 331 g/mol.